The van der Waals surface area contributed by atoms with E-state index in [1.165, 1.54) is 0 Å². The van der Waals surface area contributed by atoms with E-state index < -0.39 is 0 Å². The maximum absolute atomic E-state index is 4.62. The van der Waals surface area contributed by atoms with Crippen LogP contribution in [0.1, 0.15) is 11.5 Å². The molecule has 3 rings (SSSR count). The van der Waals surface area contributed by atoms with E-state index in [4.69, 9.17) is 0 Å². The van der Waals surface area contributed by atoms with Crippen LogP contribution in [-0.4, -0.2) is 31.8 Å². The number of nitrogens with one attached hydrogen (secondary N) is 1. The van der Waals surface area contributed by atoms with Crippen LogP contribution >= 0.6 is 0 Å². The number of anilines is 1. The van der Waals surface area contributed by atoms with Gasteiger partial charge in [0.15, 0.2) is 0 Å². The van der Waals surface area contributed by atoms with E-state index in [0.29, 0.717) is 6.42 Å². The van der Waals surface area contributed by atoms with Crippen LogP contribution < -0.4 is 5.32 Å². The number of nitrogens with zero attached hydrogens (tertiary/aromatic N) is 5. The first-order valence-electron chi connectivity index (χ1n) is 6.69. The van der Waals surface area contributed by atoms with E-state index in [2.05, 4.69) is 25.4 Å². The second-order valence-corrected chi connectivity index (χ2v) is 4.71. The van der Waals surface area contributed by atoms with Crippen molar-refractivity contribution in [1.29, 1.82) is 0 Å². The van der Waals surface area contributed by atoms with Crippen LogP contribution in [0, 0.1) is 0 Å². The lowest BCUT2D eigenvalue weighted by Crippen LogP contribution is -2.03. The number of pyridine rings is 1. The standard InChI is InChI=1S/C15H16N6/c1-16-14-8-13(11-9-18-21(2)10-11)19-15(20-14)7-12-5-3-4-6-17-12/h3-6,8-10H,7H2,1-2H3,(H,16,19,20). The molecule has 0 atom stereocenters. The Morgan fingerprint density at radius 3 is 2.81 bits per heavy atom. The number of hydrogen-bond donors (Lipinski definition) is 1. The van der Waals surface area contributed by atoms with Crippen molar-refractivity contribution in [2.45, 2.75) is 6.42 Å². The Bertz CT molecular complexity index is 735. The first-order valence-corrected chi connectivity index (χ1v) is 6.69. The van der Waals surface area contributed by atoms with Gasteiger partial charge in [-0.05, 0) is 12.1 Å². The molecule has 6 heteroatoms. The lowest BCUT2D eigenvalue weighted by Gasteiger charge is -2.06. The quantitative estimate of drug-likeness (QED) is 0.790. The molecule has 0 spiro atoms. The number of aromatic nitrogens is 5. The van der Waals surface area contributed by atoms with Crippen molar-refractivity contribution in [2.24, 2.45) is 7.05 Å². The Morgan fingerprint density at radius 2 is 2.14 bits per heavy atom. The van der Waals surface area contributed by atoms with E-state index in [0.717, 1.165) is 28.6 Å². The molecule has 1 N–H and O–H groups in total. The third-order valence-corrected chi connectivity index (χ3v) is 3.09. The van der Waals surface area contributed by atoms with Crippen LogP contribution in [0.4, 0.5) is 5.82 Å². The summed E-state index contributed by atoms with van der Waals surface area (Å²) in [5, 5.41) is 7.26. The summed E-state index contributed by atoms with van der Waals surface area (Å²) in [7, 11) is 3.73. The van der Waals surface area contributed by atoms with Crippen LogP contribution in [0.5, 0.6) is 0 Å². The Hall–Kier alpha value is -2.76. The molecule has 3 aromatic heterocycles. The molecule has 0 bridgehead atoms. The van der Waals surface area contributed by atoms with Gasteiger partial charge in [0.05, 0.1) is 18.3 Å². The molecule has 0 saturated heterocycles. The predicted octanol–water partition coefficient (Wildman–Crippen LogP) is 1.90. The van der Waals surface area contributed by atoms with Gasteiger partial charge in [-0.3, -0.25) is 9.67 Å². The summed E-state index contributed by atoms with van der Waals surface area (Å²) < 4.78 is 1.76. The molecule has 0 unspecified atom stereocenters. The Labute approximate surface area is 122 Å². The summed E-state index contributed by atoms with van der Waals surface area (Å²) in [5.41, 5.74) is 2.77. The molecule has 106 valence electrons. The number of rotatable bonds is 4. The maximum atomic E-state index is 4.62. The third kappa shape index (κ3) is 3.05. The molecule has 0 fully saturated rings. The van der Waals surface area contributed by atoms with Crippen molar-refractivity contribution in [2.75, 3.05) is 12.4 Å². The minimum absolute atomic E-state index is 0.601. The summed E-state index contributed by atoms with van der Waals surface area (Å²) in [4.78, 5) is 13.4. The van der Waals surface area contributed by atoms with Gasteiger partial charge in [0, 0.05) is 43.8 Å². The van der Waals surface area contributed by atoms with Crippen molar-refractivity contribution >= 4 is 5.82 Å². The fraction of sp³-hybridized carbons (Fsp3) is 0.200. The molecule has 6 nitrogen and oxygen atoms in total. The third-order valence-electron chi connectivity index (χ3n) is 3.09. The molecule has 0 aliphatic carbocycles. The smallest absolute Gasteiger partial charge is 0.137 e. The topological polar surface area (TPSA) is 68.5 Å². The lowest BCUT2D eigenvalue weighted by atomic mass is 10.2. The Kier molecular flexibility index (Phi) is 3.59. The number of hydrogen-bond acceptors (Lipinski definition) is 5. The van der Waals surface area contributed by atoms with Gasteiger partial charge in [-0.25, -0.2) is 9.97 Å². The largest absolute Gasteiger partial charge is 0.373 e. The van der Waals surface area contributed by atoms with Crippen LogP contribution in [-0.2, 0) is 13.5 Å². The lowest BCUT2D eigenvalue weighted by molar-refractivity contribution is 0.768. The van der Waals surface area contributed by atoms with Crippen molar-refractivity contribution in [3.8, 4) is 11.3 Å². The molecular formula is C15H16N6. The SMILES string of the molecule is CNc1cc(-c2cnn(C)c2)nc(Cc2ccccn2)n1. The number of aryl methyl sites for hydroxylation is 1. The summed E-state index contributed by atoms with van der Waals surface area (Å²) in [6.45, 7) is 0. The molecule has 0 saturated carbocycles. The first kappa shape index (κ1) is 13.2. The van der Waals surface area contributed by atoms with Gasteiger partial charge >= 0.3 is 0 Å². The highest BCUT2D eigenvalue weighted by atomic mass is 15.2. The summed E-state index contributed by atoms with van der Waals surface area (Å²) in [6.07, 6.45) is 6.11. The molecule has 0 radical (unpaired) electrons. The van der Waals surface area contributed by atoms with Gasteiger partial charge in [-0.2, -0.15) is 5.10 Å². The second-order valence-electron chi connectivity index (χ2n) is 4.71. The zero-order valence-corrected chi connectivity index (χ0v) is 12.0. The van der Waals surface area contributed by atoms with Gasteiger partial charge in [0.25, 0.3) is 0 Å². The van der Waals surface area contributed by atoms with Crippen LogP contribution in [0.15, 0.2) is 42.9 Å². The molecular weight excluding hydrogens is 264 g/mol. The maximum Gasteiger partial charge on any atom is 0.137 e. The van der Waals surface area contributed by atoms with Gasteiger partial charge < -0.3 is 5.32 Å². The molecule has 0 amide bonds. The normalized spacial score (nSPS) is 10.6. The van der Waals surface area contributed by atoms with Crippen LogP contribution in [0.25, 0.3) is 11.3 Å². The Balaban J connectivity index is 1.97. The highest BCUT2D eigenvalue weighted by Gasteiger charge is 2.08. The summed E-state index contributed by atoms with van der Waals surface area (Å²) in [5.74, 6) is 1.52. The predicted molar refractivity (Wildman–Crippen MR) is 80.8 cm³/mol. The molecule has 0 aromatic carbocycles. The van der Waals surface area contributed by atoms with E-state index in [9.17, 15) is 0 Å². The summed E-state index contributed by atoms with van der Waals surface area (Å²) >= 11 is 0. The van der Waals surface area contributed by atoms with Crippen molar-refractivity contribution in [3.63, 3.8) is 0 Å². The highest BCUT2D eigenvalue weighted by molar-refractivity contribution is 5.60. The van der Waals surface area contributed by atoms with Crippen LogP contribution in [0.3, 0.4) is 0 Å². The molecule has 3 aromatic rings. The Morgan fingerprint density at radius 1 is 1.24 bits per heavy atom. The van der Waals surface area contributed by atoms with Gasteiger partial charge in [-0.15, -0.1) is 0 Å². The minimum atomic E-state index is 0.601. The van der Waals surface area contributed by atoms with Crippen molar-refractivity contribution in [3.05, 3.63) is 54.4 Å². The van der Waals surface area contributed by atoms with E-state index in [-0.39, 0.29) is 0 Å². The van der Waals surface area contributed by atoms with E-state index in [1.54, 1.807) is 17.1 Å². The molecule has 0 aliphatic rings. The molecule has 21 heavy (non-hydrogen) atoms. The second kappa shape index (κ2) is 5.70. The van der Waals surface area contributed by atoms with Gasteiger partial charge in [0.2, 0.25) is 0 Å². The monoisotopic (exact) mass is 280 g/mol. The molecule has 0 aliphatic heterocycles. The average Bonchev–Trinajstić information content (AvgIpc) is 2.94. The fourth-order valence-electron chi connectivity index (χ4n) is 2.07. The van der Waals surface area contributed by atoms with E-state index >= 15 is 0 Å². The van der Waals surface area contributed by atoms with Gasteiger partial charge in [0.1, 0.15) is 11.6 Å². The first-order chi connectivity index (χ1) is 10.2. The minimum Gasteiger partial charge on any atom is -0.373 e. The van der Waals surface area contributed by atoms with Crippen LogP contribution in [0.2, 0.25) is 0 Å². The molecule has 3 heterocycles. The average molecular weight is 280 g/mol. The van der Waals surface area contributed by atoms with Gasteiger partial charge in [-0.1, -0.05) is 6.07 Å². The summed E-state index contributed by atoms with van der Waals surface area (Å²) in [6, 6.07) is 7.75. The highest BCUT2D eigenvalue weighted by Crippen LogP contribution is 2.19. The van der Waals surface area contributed by atoms with Crippen molar-refractivity contribution in [1.82, 2.24) is 24.7 Å². The van der Waals surface area contributed by atoms with E-state index in [1.807, 2.05) is 44.6 Å². The zero-order valence-electron chi connectivity index (χ0n) is 12.0. The fourth-order valence-corrected chi connectivity index (χ4v) is 2.07. The van der Waals surface area contributed by atoms with Crippen molar-refractivity contribution < 1.29 is 0 Å². The zero-order chi connectivity index (χ0) is 14.7.